The molecule has 0 aliphatic carbocycles. The molecule has 12 heteroatoms. The summed E-state index contributed by atoms with van der Waals surface area (Å²) in [5, 5.41) is 24.4. The van der Waals surface area contributed by atoms with E-state index in [2.05, 4.69) is 10.6 Å². The number of aliphatic hydroxyl groups excluding tert-OH is 2. The summed E-state index contributed by atoms with van der Waals surface area (Å²) in [6, 6.07) is 11.1. The number of ether oxygens (including phenoxy) is 2. The lowest BCUT2D eigenvalue weighted by Crippen LogP contribution is -2.56. The van der Waals surface area contributed by atoms with Gasteiger partial charge >= 0.3 is 0 Å². The molecule has 0 unspecified atom stereocenters. The number of hydrogen-bond acceptors (Lipinski definition) is 8. The summed E-state index contributed by atoms with van der Waals surface area (Å²) < 4.78 is 37.7. The zero-order valence-electron chi connectivity index (χ0n) is 29.8. The number of carbonyl (C=O) groups excluding carboxylic acids is 4. The van der Waals surface area contributed by atoms with Crippen LogP contribution in [0.1, 0.15) is 88.9 Å². The Labute approximate surface area is 288 Å². The molecule has 1 aliphatic heterocycles. The zero-order chi connectivity index (χ0) is 37.2. The van der Waals surface area contributed by atoms with Crippen molar-refractivity contribution < 1.29 is 47.6 Å². The van der Waals surface area contributed by atoms with Gasteiger partial charge in [0.25, 0.3) is 0 Å². The fourth-order valence-electron chi connectivity index (χ4n) is 4.84. The maximum Gasteiger partial charge on any atom is 0.249 e. The Morgan fingerprint density at radius 2 is 1.35 bits per heavy atom. The molecule has 2 aromatic carbocycles. The van der Waals surface area contributed by atoms with E-state index in [-0.39, 0.29) is 55.3 Å². The van der Waals surface area contributed by atoms with Gasteiger partial charge in [-0.1, -0.05) is 65.8 Å². The molecule has 2 amide bonds. The van der Waals surface area contributed by atoms with Crippen LogP contribution in [0.25, 0.3) is 0 Å². The van der Waals surface area contributed by atoms with Gasteiger partial charge in [0.15, 0.2) is 17.4 Å². The molecule has 2 aromatic rings. The van der Waals surface area contributed by atoms with Gasteiger partial charge in [0.05, 0.1) is 13.2 Å². The van der Waals surface area contributed by atoms with Crippen molar-refractivity contribution >= 4 is 23.4 Å². The van der Waals surface area contributed by atoms with E-state index < -0.39 is 46.4 Å². The molecule has 0 bridgehead atoms. The maximum absolute atomic E-state index is 13.2. The molecule has 1 heterocycles. The molecule has 1 aliphatic rings. The van der Waals surface area contributed by atoms with E-state index in [4.69, 9.17) is 14.6 Å². The highest BCUT2D eigenvalue weighted by Gasteiger charge is 2.45. The average Bonchev–Trinajstić information content (AvgIpc) is 3.03. The number of rotatable bonds is 14. The quantitative estimate of drug-likeness (QED) is 0.205. The van der Waals surface area contributed by atoms with Crippen molar-refractivity contribution in [1.29, 1.82) is 0 Å². The van der Waals surface area contributed by atoms with Crippen molar-refractivity contribution in [3.05, 3.63) is 71.3 Å². The van der Waals surface area contributed by atoms with E-state index in [1.807, 2.05) is 20.8 Å². The normalized spacial score (nSPS) is 18.6. The Hall–Kier alpha value is -3.58. The summed E-state index contributed by atoms with van der Waals surface area (Å²) >= 11 is 0. The molecule has 0 aromatic heterocycles. The van der Waals surface area contributed by atoms with Crippen molar-refractivity contribution in [2.45, 2.75) is 86.2 Å². The smallest absolute Gasteiger partial charge is 0.249 e. The molecule has 49 heavy (non-hydrogen) atoms. The first-order valence-electron chi connectivity index (χ1n) is 16.4. The summed E-state index contributed by atoms with van der Waals surface area (Å²) in [4.78, 5) is 48.7. The SMILES string of the molecule is C[C@@H](CNC(=O)[C@@H]1OC(C)(C)OCC1(C)C)CC(=O)c1cccc(F)c1.C[C@@H](CNC(=O)[C@H](O)C(C)(C)CO)CC(=O)c1cccc(F)c1. The van der Waals surface area contributed by atoms with Gasteiger partial charge in [-0.2, -0.15) is 0 Å². The molecule has 1 saturated heterocycles. The fourth-order valence-corrected chi connectivity index (χ4v) is 4.84. The van der Waals surface area contributed by atoms with E-state index >= 15 is 0 Å². The van der Waals surface area contributed by atoms with Crippen LogP contribution in [0.5, 0.6) is 0 Å². The van der Waals surface area contributed by atoms with Gasteiger partial charge in [-0.3, -0.25) is 19.2 Å². The number of nitrogens with one attached hydrogen (secondary N) is 2. The Morgan fingerprint density at radius 1 is 0.878 bits per heavy atom. The minimum Gasteiger partial charge on any atom is -0.396 e. The molecule has 0 saturated carbocycles. The number of halogens is 2. The summed E-state index contributed by atoms with van der Waals surface area (Å²) in [6.45, 7) is 14.9. The molecule has 10 nitrogen and oxygen atoms in total. The van der Waals surface area contributed by atoms with Crippen LogP contribution in [0.2, 0.25) is 0 Å². The van der Waals surface area contributed by atoms with E-state index in [1.54, 1.807) is 46.8 Å². The van der Waals surface area contributed by atoms with Gasteiger partial charge in [0.1, 0.15) is 23.8 Å². The third-order valence-corrected chi connectivity index (χ3v) is 8.15. The second kappa shape index (κ2) is 17.9. The third kappa shape index (κ3) is 13.3. The van der Waals surface area contributed by atoms with Crippen LogP contribution < -0.4 is 10.6 Å². The Balaban J connectivity index is 0.000000343. The largest absolute Gasteiger partial charge is 0.396 e. The van der Waals surface area contributed by atoms with Crippen molar-refractivity contribution in [2.24, 2.45) is 22.7 Å². The molecule has 0 spiro atoms. The molecular weight excluding hydrogens is 638 g/mol. The van der Waals surface area contributed by atoms with Crippen LogP contribution in [-0.2, 0) is 19.1 Å². The zero-order valence-corrected chi connectivity index (χ0v) is 29.8. The monoisotopic (exact) mass is 690 g/mol. The maximum atomic E-state index is 13.2. The van der Waals surface area contributed by atoms with E-state index in [0.29, 0.717) is 24.3 Å². The second-order valence-corrected chi connectivity index (χ2v) is 14.7. The number of Topliss-reactive ketones (excluding diaryl/α,β-unsaturated/α-hetero) is 2. The average molecular weight is 691 g/mol. The first kappa shape index (κ1) is 41.6. The van der Waals surface area contributed by atoms with Gasteiger partial charge in [0, 0.05) is 47.9 Å². The van der Waals surface area contributed by atoms with Crippen molar-refractivity contribution in [3.63, 3.8) is 0 Å². The van der Waals surface area contributed by atoms with Gasteiger partial charge in [0.2, 0.25) is 11.8 Å². The van der Waals surface area contributed by atoms with Crippen LogP contribution in [0.4, 0.5) is 8.78 Å². The summed E-state index contributed by atoms with van der Waals surface area (Å²) in [7, 11) is 0. The molecule has 3 rings (SSSR count). The van der Waals surface area contributed by atoms with E-state index in [0.717, 1.165) is 0 Å². The lowest BCUT2D eigenvalue weighted by atomic mass is 9.85. The Morgan fingerprint density at radius 3 is 1.80 bits per heavy atom. The van der Waals surface area contributed by atoms with Gasteiger partial charge < -0.3 is 30.3 Å². The van der Waals surface area contributed by atoms with Gasteiger partial charge in [-0.25, -0.2) is 8.78 Å². The van der Waals surface area contributed by atoms with Crippen molar-refractivity contribution in [3.8, 4) is 0 Å². The molecule has 4 atom stereocenters. The molecule has 1 fully saturated rings. The highest BCUT2D eigenvalue weighted by atomic mass is 19.1. The highest BCUT2D eigenvalue weighted by molar-refractivity contribution is 5.96. The van der Waals surface area contributed by atoms with Crippen LogP contribution in [-0.4, -0.2) is 77.9 Å². The highest BCUT2D eigenvalue weighted by Crippen LogP contribution is 2.35. The predicted molar refractivity (Wildman–Crippen MR) is 181 cm³/mol. The fraction of sp³-hybridized carbons (Fsp3) is 0.568. The Kier molecular flexibility index (Phi) is 15.2. The van der Waals surface area contributed by atoms with E-state index in [9.17, 15) is 33.1 Å². The van der Waals surface area contributed by atoms with Gasteiger partial charge in [-0.15, -0.1) is 0 Å². The van der Waals surface area contributed by atoms with Gasteiger partial charge in [-0.05, 0) is 49.9 Å². The predicted octanol–water partition coefficient (Wildman–Crippen LogP) is 4.86. The summed E-state index contributed by atoms with van der Waals surface area (Å²) in [5.74, 6) is -3.10. The molecule has 272 valence electrons. The number of aliphatic hydroxyl groups is 2. The first-order valence-corrected chi connectivity index (χ1v) is 16.4. The first-order chi connectivity index (χ1) is 22.7. The van der Waals surface area contributed by atoms with Crippen LogP contribution in [0, 0.1) is 34.3 Å². The van der Waals surface area contributed by atoms with Crippen LogP contribution in [0.3, 0.4) is 0 Å². The number of carbonyl (C=O) groups is 4. The Bertz CT molecular complexity index is 1440. The van der Waals surface area contributed by atoms with Crippen LogP contribution in [0.15, 0.2) is 48.5 Å². The summed E-state index contributed by atoms with van der Waals surface area (Å²) in [5.41, 5.74) is -0.742. The standard InChI is InChI=1S/C20H28FNO4.C17H24FNO4/c1-13(9-16(23)14-7-6-8-15(21)10-14)11-22-18(24)17-19(2,3)12-25-20(4,5)26-17;1-11(7-14(21)12-5-4-6-13(18)8-12)9-19-16(23)15(22)17(2,3)10-20/h6-8,10,13,17H,9,11-12H2,1-5H3,(H,22,24);4-6,8,11,15,20,22H,7,9-10H2,1-3H3,(H,19,23)/t13-,17+;11-,15+/m11/s1. The number of ketones is 2. The van der Waals surface area contributed by atoms with E-state index in [1.165, 1.54) is 36.4 Å². The number of benzene rings is 2. The summed E-state index contributed by atoms with van der Waals surface area (Å²) in [6.07, 6.45) is -1.58. The number of hydrogen-bond donors (Lipinski definition) is 4. The molecule has 4 N–H and O–H groups in total. The topological polar surface area (TPSA) is 151 Å². The van der Waals surface area contributed by atoms with Crippen molar-refractivity contribution in [2.75, 3.05) is 26.3 Å². The lowest BCUT2D eigenvalue weighted by Gasteiger charge is -2.44. The lowest BCUT2D eigenvalue weighted by molar-refractivity contribution is -0.304. The number of amides is 2. The minimum atomic E-state index is -1.33. The minimum absolute atomic E-state index is 0.0781. The molecule has 0 radical (unpaired) electrons. The van der Waals surface area contributed by atoms with Crippen LogP contribution >= 0.6 is 0 Å². The second-order valence-electron chi connectivity index (χ2n) is 14.7. The van der Waals surface area contributed by atoms with Crippen molar-refractivity contribution in [1.82, 2.24) is 10.6 Å². The molecular formula is C37H52F2N2O8. The third-order valence-electron chi connectivity index (χ3n) is 8.15.